The average Bonchev–Trinajstić information content (AvgIpc) is 2.08. The Hall–Kier alpha value is -1.35. The topological polar surface area (TPSA) is 118 Å². The molecule has 7 nitrogen and oxygen atoms in total. The Morgan fingerprint density at radius 1 is 1.53 bits per heavy atom. The molecule has 0 rings (SSSR count). The minimum absolute atomic E-state index is 0.126. The van der Waals surface area contributed by atoms with E-state index in [1.165, 1.54) is 6.08 Å². The number of hydrogen-bond donors (Lipinski definition) is 2. The van der Waals surface area contributed by atoms with Crippen molar-refractivity contribution in [3.05, 3.63) is 12.7 Å². The minimum Gasteiger partial charge on any atom is -0.490 e. The molecule has 2 N–H and O–H groups in total. The van der Waals surface area contributed by atoms with Crippen molar-refractivity contribution in [2.24, 2.45) is 0 Å². The summed E-state index contributed by atoms with van der Waals surface area (Å²) in [5.74, 6) is -3.03. The van der Waals surface area contributed by atoms with E-state index in [1.807, 2.05) is 0 Å². The molecule has 9 heteroatoms. The summed E-state index contributed by atoms with van der Waals surface area (Å²) in [5.41, 5.74) is 0. The smallest absolute Gasteiger partial charge is 0.319 e. The highest BCUT2D eigenvalue weighted by atomic mass is 32.2. The van der Waals surface area contributed by atoms with Gasteiger partial charge in [0.15, 0.2) is 5.15 Å². The lowest BCUT2D eigenvalue weighted by molar-refractivity contribution is -0.140. The molecule has 0 aromatic heterocycles. The van der Waals surface area contributed by atoms with Gasteiger partial charge >= 0.3 is 5.97 Å². The largest absolute Gasteiger partial charge is 0.490 e. The molecule has 0 aromatic rings. The Morgan fingerprint density at radius 3 is 2.40 bits per heavy atom. The molecule has 83 valence electrons. The quantitative estimate of drug-likeness (QED) is 0.270. The maximum Gasteiger partial charge on any atom is 0.319 e. The van der Waals surface area contributed by atoms with Gasteiger partial charge in [0.05, 0.1) is 0 Å². The summed E-state index contributed by atoms with van der Waals surface area (Å²) < 4.78 is 34.0. The number of carbonyl (C=O) groups excluding carboxylic acids is 1. The van der Waals surface area contributed by atoms with Gasteiger partial charge in [-0.3, -0.25) is 14.1 Å². The van der Waals surface area contributed by atoms with Crippen LogP contribution in [0.25, 0.3) is 0 Å². The highest BCUT2D eigenvalue weighted by molar-refractivity contribution is 7.89. The molecular weight excluding hydrogens is 227 g/mol. The van der Waals surface area contributed by atoms with Crippen LogP contribution in [0.3, 0.4) is 0 Å². The predicted molar refractivity (Wildman–Crippen MR) is 50.3 cm³/mol. The third kappa shape index (κ3) is 5.18. The number of hydrogen-bond acceptors (Lipinski definition) is 5. The van der Waals surface area contributed by atoms with Crippen LogP contribution in [0.4, 0.5) is 4.79 Å². The molecule has 0 heterocycles. The first kappa shape index (κ1) is 13.7. The zero-order valence-electron chi connectivity index (χ0n) is 7.49. The number of ether oxygens (including phenoxy) is 1. The summed E-state index contributed by atoms with van der Waals surface area (Å²) in [6, 6.07) is 0. The zero-order chi connectivity index (χ0) is 12.1. The van der Waals surface area contributed by atoms with Gasteiger partial charge in [-0.1, -0.05) is 12.7 Å². The van der Waals surface area contributed by atoms with Gasteiger partial charge in [0.2, 0.25) is 5.87 Å². The molecule has 0 amide bonds. The summed E-state index contributed by atoms with van der Waals surface area (Å²) in [6.45, 7) is 2.92. The molecule has 0 aliphatic carbocycles. The van der Waals surface area contributed by atoms with Crippen molar-refractivity contribution in [2.45, 2.75) is 5.15 Å². The summed E-state index contributed by atoms with van der Waals surface area (Å²) in [7, 11) is -4.71. The van der Waals surface area contributed by atoms with Crippen LogP contribution < -0.4 is 0 Å². The molecule has 1 radical (unpaired) electrons. The Labute approximate surface area is 86.7 Å². The molecule has 1 unspecified atom stereocenters. The van der Waals surface area contributed by atoms with E-state index in [1.54, 1.807) is 0 Å². The Bertz CT molecular complexity index is 360. The second-order valence-corrected chi connectivity index (χ2v) is 3.90. The molecular formula is C6H8BO7S. The van der Waals surface area contributed by atoms with Crippen LogP contribution in [-0.4, -0.2) is 49.0 Å². The van der Waals surface area contributed by atoms with Gasteiger partial charge in [0.25, 0.3) is 17.4 Å². The molecule has 0 bridgehead atoms. The monoisotopic (exact) mass is 235 g/mol. The molecule has 0 aliphatic heterocycles. The Morgan fingerprint density at radius 2 is 2.07 bits per heavy atom. The van der Waals surface area contributed by atoms with E-state index in [0.717, 1.165) is 0 Å². The lowest BCUT2D eigenvalue weighted by Gasteiger charge is -2.09. The maximum absolute atomic E-state index is 11.0. The standard InChI is InChI=1S/C6H8BO7S/c1-2-3-14-5(8)4(7-6(9)10)15(11,12)13/h2,4H,1,3H2,(H,9,10)(H,11,12,13). The van der Waals surface area contributed by atoms with E-state index >= 15 is 0 Å². The van der Waals surface area contributed by atoms with Crippen LogP contribution in [-0.2, 0) is 19.6 Å². The van der Waals surface area contributed by atoms with Crippen molar-refractivity contribution in [2.75, 3.05) is 6.61 Å². The number of carboxylic acid groups (broad SMARTS) is 1. The van der Waals surface area contributed by atoms with Gasteiger partial charge in [-0.15, -0.1) is 0 Å². The third-order valence-corrected chi connectivity index (χ3v) is 2.16. The van der Waals surface area contributed by atoms with Crippen molar-refractivity contribution in [1.82, 2.24) is 0 Å². The molecule has 0 saturated carbocycles. The molecule has 1 atom stereocenters. The third-order valence-electron chi connectivity index (χ3n) is 1.19. The first-order valence-corrected chi connectivity index (χ1v) is 5.11. The fraction of sp³-hybridized carbons (Fsp3) is 0.333. The van der Waals surface area contributed by atoms with Crippen LogP contribution in [0.1, 0.15) is 0 Å². The van der Waals surface area contributed by atoms with Gasteiger partial charge in [-0.2, -0.15) is 8.42 Å². The first-order valence-electron chi connectivity index (χ1n) is 3.60. The fourth-order valence-electron chi connectivity index (χ4n) is 0.628. The summed E-state index contributed by atoms with van der Waals surface area (Å²) in [5, 5.41) is 6.04. The molecule has 15 heavy (non-hydrogen) atoms. The minimum atomic E-state index is -4.83. The van der Waals surface area contributed by atoms with E-state index in [-0.39, 0.29) is 13.9 Å². The van der Waals surface area contributed by atoms with E-state index in [4.69, 9.17) is 9.66 Å². The molecule has 0 aromatic carbocycles. The van der Waals surface area contributed by atoms with Crippen molar-refractivity contribution in [1.29, 1.82) is 0 Å². The number of esters is 1. The van der Waals surface area contributed by atoms with Crippen molar-refractivity contribution < 1.29 is 32.4 Å². The molecule has 0 aliphatic rings. The summed E-state index contributed by atoms with van der Waals surface area (Å²) in [6.07, 6.45) is 1.17. The normalized spacial score (nSPS) is 12.6. The molecule has 0 spiro atoms. The maximum atomic E-state index is 11.0. The fourth-order valence-corrected chi connectivity index (χ4v) is 1.23. The SMILES string of the molecule is C=CCOC(=O)C([B]C(=O)O)S(=O)(=O)O. The summed E-state index contributed by atoms with van der Waals surface area (Å²) in [4.78, 5) is 21.2. The second kappa shape index (κ2) is 5.52. The van der Waals surface area contributed by atoms with Gasteiger partial charge in [-0.25, -0.2) is 0 Å². The lowest BCUT2D eigenvalue weighted by atomic mass is 9.74. The van der Waals surface area contributed by atoms with Crippen LogP contribution in [0.2, 0.25) is 0 Å². The van der Waals surface area contributed by atoms with Crippen LogP contribution in [0, 0.1) is 0 Å². The first-order chi connectivity index (χ1) is 6.79. The highest BCUT2D eigenvalue weighted by Gasteiger charge is 2.36. The Balaban J connectivity index is 4.71. The lowest BCUT2D eigenvalue weighted by Crippen LogP contribution is -2.40. The zero-order valence-corrected chi connectivity index (χ0v) is 8.31. The number of rotatable bonds is 6. The van der Waals surface area contributed by atoms with Crippen LogP contribution in [0.5, 0.6) is 0 Å². The van der Waals surface area contributed by atoms with E-state index < -0.39 is 27.1 Å². The second-order valence-electron chi connectivity index (χ2n) is 2.36. The Kier molecular flexibility index (Phi) is 5.02. The summed E-state index contributed by atoms with van der Waals surface area (Å²) >= 11 is 0. The van der Waals surface area contributed by atoms with Gasteiger partial charge in [0.1, 0.15) is 6.61 Å². The van der Waals surface area contributed by atoms with Gasteiger partial charge in [-0.05, 0) is 0 Å². The predicted octanol–water partition coefficient (Wildman–Crippen LogP) is -0.688. The van der Waals surface area contributed by atoms with Crippen LogP contribution in [0.15, 0.2) is 12.7 Å². The number of carbonyl (C=O) groups is 2. The van der Waals surface area contributed by atoms with Gasteiger partial charge < -0.3 is 9.84 Å². The average molecular weight is 235 g/mol. The van der Waals surface area contributed by atoms with E-state index in [2.05, 4.69) is 11.3 Å². The molecule has 0 fully saturated rings. The van der Waals surface area contributed by atoms with Gasteiger partial charge in [0, 0.05) is 0 Å². The van der Waals surface area contributed by atoms with E-state index in [0.29, 0.717) is 0 Å². The van der Waals surface area contributed by atoms with E-state index in [9.17, 15) is 18.0 Å². The van der Waals surface area contributed by atoms with Crippen molar-refractivity contribution in [3.63, 3.8) is 0 Å². The molecule has 0 saturated heterocycles. The van der Waals surface area contributed by atoms with Crippen LogP contribution >= 0.6 is 0 Å². The van der Waals surface area contributed by atoms with Crippen molar-refractivity contribution >= 4 is 29.2 Å². The highest BCUT2D eigenvalue weighted by Crippen LogP contribution is 2.01. The van der Waals surface area contributed by atoms with Crippen molar-refractivity contribution in [3.8, 4) is 0 Å².